The van der Waals surface area contributed by atoms with Gasteiger partial charge in [-0.25, -0.2) is 18.1 Å². The average Bonchev–Trinajstić information content (AvgIpc) is 3.00. The molecule has 0 unspecified atom stereocenters. The molecule has 8 heteroatoms. The Bertz CT molecular complexity index is 596. The molecule has 0 aromatic carbocycles. The molecule has 0 aliphatic carbocycles. The third kappa shape index (κ3) is 4.36. The maximum Gasteiger partial charge on any atom is 0.244 e. The number of amides is 1. The highest BCUT2D eigenvalue weighted by atomic mass is 32.2. The largest absolute Gasteiger partial charge is 0.273 e. The Morgan fingerprint density at radius 3 is 3.10 bits per heavy atom. The molecule has 0 spiro atoms. The molecule has 2 heterocycles. The Morgan fingerprint density at radius 1 is 1.62 bits per heavy atom. The van der Waals surface area contributed by atoms with E-state index in [1.54, 1.807) is 24.5 Å². The molecule has 1 atom stereocenters. The van der Waals surface area contributed by atoms with Crippen molar-refractivity contribution in [3.8, 4) is 0 Å². The molecule has 116 valence electrons. The van der Waals surface area contributed by atoms with Gasteiger partial charge in [-0.2, -0.15) is 16.4 Å². The average molecular weight is 329 g/mol. The zero-order valence-corrected chi connectivity index (χ0v) is 13.5. The number of hydrazone groups is 1. The summed E-state index contributed by atoms with van der Waals surface area (Å²) in [5.74, 6) is -0.491. The summed E-state index contributed by atoms with van der Waals surface area (Å²) in [5.41, 5.74) is 3.42. The summed E-state index contributed by atoms with van der Waals surface area (Å²) in [7, 11) is -3.23. The number of thiophene rings is 1. The van der Waals surface area contributed by atoms with E-state index >= 15 is 0 Å². The van der Waals surface area contributed by atoms with Gasteiger partial charge >= 0.3 is 0 Å². The second kappa shape index (κ2) is 7.15. The van der Waals surface area contributed by atoms with Crippen LogP contribution in [0.3, 0.4) is 0 Å². The van der Waals surface area contributed by atoms with Gasteiger partial charge in [-0.05, 0) is 36.6 Å². The number of carbonyl (C=O) groups is 1. The van der Waals surface area contributed by atoms with Gasteiger partial charge in [0.25, 0.3) is 0 Å². The molecular weight excluding hydrogens is 310 g/mol. The number of rotatable bonds is 5. The van der Waals surface area contributed by atoms with Gasteiger partial charge in [0, 0.05) is 18.7 Å². The maximum absolute atomic E-state index is 12.0. The van der Waals surface area contributed by atoms with E-state index in [-0.39, 0.29) is 24.1 Å². The van der Waals surface area contributed by atoms with Crippen LogP contribution < -0.4 is 5.43 Å². The Hall–Kier alpha value is -1.25. The Balaban J connectivity index is 1.90. The van der Waals surface area contributed by atoms with Gasteiger partial charge in [-0.1, -0.05) is 0 Å². The van der Waals surface area contributed by atoms with Crippen LogP contribution >= 0.6 is 11.3 Å². The SMILES string of the molecule is CCS(=O)(=O)N1CCC[C@@H](C(=O)N/N=C\c2ccsc2)C1. The van der Waals surface area contributed by atoms with Crippen molar-refractivity contribution in [1.82, 2.24) is 9.73 Å². The summed E-state index contributed by atoms with van der Waals surface area (Å²) in [5, 5.41) is 7.76. The van der Waals surface area contributed by atoms with E-state index in [4.69, 9.17) is 0 Å². The molecule has 21 heavy (non-hydrogen) atoms. The molecule has 1 amide bonds. The summed E-state index contributed by atoms with van der Waals surface area (Å²) < 4.78 is 25.1. The van der Waals surface area contributed by atoms with Crippen LogP contribution in [0.4, 0.5) is 0 Å². The van der Waals surface area contributed by atoms with Crippen LogP contribution in [0.2, 0.25) is 0 Å². The minimum absolute atomic E-state index is 0.0671. The van der Waals surface area contributed by atoms with Gasteiger partial charge in [0.15, 0.2) is 0 Å². The lowest BCUT2D eigenvalue weighted by Gasteiger charge is -2.30. The van der Waals surface area contributed by atoms with Gasteiger partial charge in [-0.15, -0.1) is 0 Å². The summed E-state index contributed by atoms with van der Waals surface area (Å²) in [6, 6.07) is 1.90. The first-order valence-corrected chi connectivity index (χ1v) is 9.41. The predicted octanol–water partition coefficient (Wildman–Crippen LogP) is 1.26. The van der Waals surface area contributed by atoms with Crippen LogP contribution in [-0.4, -0.2) is 43.7 Å². The first kappa shape index (κ1) is 16.1. The van der Waals surface area contributed by atoms with Crippen molar-refractivity contribution < 1.29 is 13.2 Å². The fourth-order valence-corrected chi connectivity index (χ4v) is 3.99. The van der Waals surface area contributed by atoms with Crippen LogP contribution in [0.15, 0.2) is 21.9 Å². The molecule has 0 radical (unpaired) electrons. The number of piperidine rings is 1. The highest BCUT2D eigenvalue weighted by Gasteiger charge is 2.31. The topological polar surface area (TPSA) is 78.8 Å². The summed E-state index contributed by atoms with van der Waals surface area (Å²) in [4.78, 5) is 12.0. The molecule has 0 bridgehead atoms. The molecule has 1 aliphatic rings. The van der Waals surface area contributed by atoms with Crippen LogP contribution in [-0.2, 0) is 14.8 Å². The highest BCUT2D eigenvalue weighted by Crippen LogP contribution is 2.19. The van der Waals surface area contributed by atoms with Crippen molar-refractivity contribution in [2.45, 2.75) is 19.8 Å². The predicted molar refractivity (Wildman–Crippen MR) is 83.8 cm³/mol. The van der Waals surface area contributed by atoms with E-state index in [9.17, 15) is 13.2 Å². The highest BCUT2D eigenvalue weighted by molar-refractivity contribution is 7.89. The zero-order valence-electron chi connectivity index (χ0n) is 11.9. The molecule has 1 fully saturated rings. The third-order valence-corrected chi connectivity index (χ3v) is 5.99. The molecule has 6 nitrogen and oxygen atoms in total. The van der Waals surface area contributed by atoms with Gasteiger partial charge in [0.05, 0.1) is 17.9 Å². The molecule has 1 aromatic heterocycles. The number of hydrogen-bond donors (Lipinski definition) is 1. The number of hydrogen-bond acceptors (Lipinski definition) is 5. The monoisotopic (exact) mass is 329 g/mol. The van der Waals surface area contributed by atoms with Gasteiger partial charge in [0.2, 0.25) is 15.9 Å². The van der Waals surface area contributed by atoms with Gasteiger partial charge in [0.1, 0.15) is 0 Å². The number of nitrogens with zero attached hydrogens (tertiary/aromatic N) is 2. The first-order valence-electron chi connectivity index (χ1n) is 6.86. The zero-order chi connectivity index (χ0) is 15.3. The van der Waals surface area contributed by atoms with E-state index in [0.29, 0.717) is 19.4 Å². The van der Waals surface area contributed by atoms with Gasteiger partial charge < -0.3 is 0 Å². The minimum Gasteiger partial charge on any atom is -0.273 e. The quantitative estimate of drug-likeness (QED) is 0.652. The Labute approximate surface area is 128 Å². The van der Waals surface area contributed by atoms with Crippen molar-refractivity contribution >= 4 is 33.5 Å². The maximum atomic E-state index is 12.0. The van der Waals surface area contributed by atoms with E-state index in [1.807, 2.05) is 16.8 Å². The molecule has 1 N–H and O–H groups in total. The Kier molecular flexibility index (Phi) is 5.49. The Morgan fingerprint density at radius 2 is 2.43 bits per heavy atom. The van der Waals surface area contributed by atoms with Crippen LogP contribution in [0.1, 0.15) is 25.3 Å². The van der Waals surface area contributed by atoms with Crippen LogP contribution in [0, 0.1) is 5.92 Å². The molecule has 1 aromatic rings. The second-order valence-electron chi connectivity index (χ2n) is 4.89. The molecule has 2 rings (SSSR count). The van der Waals surface area contributed by atoms with E-state index in [2.05, 4.69) is 10.5 Å². The fourth-order valence-electron chi connectivity index (χ4n) is 2.20. The van der Waals surface area contributed by atoms with Crippen molar-refractivity contribution in [1.29, 1.82) is 0 Å². The van der Waals surface area contributed by atoms with E-state index in [0.717, 1.165) is 5.56 Å². The first-order chi connectivity index (χ1) is 10.0. The minimum atomic E-state index is -3.23. The fraction of sp³-hybridized carbons (Fsp3) is 0.538. The number of sulfonamides is 1. The standard InChI is InChI=1S/C13H19N3O3S2/c1-2-21(18,19)16-6-3-4-12(9-16)13(17)15-14-8-11-5-7-20-10-11/h5,7-8,10,12H,2-4,6,9H2,1H3,(H,15,17)/b14-8-/t12-/m1/s1. The number of carbonyl (C=O) groups excluding carboxylic acids is 1. The van der Waals surface area contributed by atoms with E-state index < -0.39 is 10.0 Å². The van der Waals surface area contributed by atoms with Crippen molar-refractivity contribution in [2.75, 3.05) is 18.8 Å². The molecular formula is C13H19N3O3S2. The van der Waals surface area contributed by atoms with Crippen LogP contribution in [0.25, 0.3) is 0 Å². The normalized spacial score (nSPS) is 20.7. The number of nitrogens with one attached hydrogen (secondary N) is 1. The lowest BCUT2D eigenvalue weighted by Crippen LogP contribution is -2.45. The summed E-state index contributed by atoms with van der Waals surface area (Å²) in [6.07, 6.45) is 2.97. The van der Waals surface area contributed by atoms with Gasteiger partial charge in [-0.3, -0.25) is 4.79 Å². The molecule has 1 aliphatic heterocycles. The van der Waals surface area contributed by atoms with Crippen LogP contribution in [0.5, 0.6) is 0 Å². The van der Waals surface area contributed by atoms with E-state index in [1.165, 1.54) is 4.31 Å². The lowest BCUT2D eigenvalue weighted by atomic mass is 9.99. The molecule has 1 saturated heterocycles. The summed E-state index contributed by atoms with van der Waals surface area (Å²) >= 11 is 1.55. The third-order valence-electron chi connectivity index (χ3n) is 3.44. The molecule has 0 saturated carbocycles. The van der Waals surface area contributed by atoms with Crippen molar-refractivity contribution in [3.05, 3.63) is 22.4 Å². The van der Waals surface area contributed by atoms with Crippen molar-refractivity contribution in [3.63, 3.8) is 0 Å². The second-order valence-corrected chi connectivity index (χ2v) is 7.93. The lowest BCUT2D eigenvalue weighted by molar-refractivity contribution is -0.126. The summed E-state index contributed by atoms with van der Waals surface area (Å²) in [6.45, 7) is 2.36. The van der Waals surface area contributed by atoms with Crippen molar-refractivity contribution in [2.24, 2.45) is 11.0 Å². The smallest absolute Gasteiger partial charge is 0.244 e.